The number of piperazine rings is 1. The van der Waals surface area contributed by atoms with Gasteiger partial charge in [-0.05, 0) is 0 Å². The molecule has 0 radical (unpaired) electrons. The number of benzene rings is 1. The number of hydrogen-bond acceptors (Lipinski definition) is 2. The Morgan fingerprint density at radius 2 is 1.28 bits per heavy atom. The number of rotatable bonds is 1. The van der Waals surface area contributed by atoms with Gasteiger partial charge in [0.05, 0.1) is 6.04 Å². The fourth-order valence-electron chi connectivity index (χ4n) is 1.79. The lowest BCUT2D eigenvalue weighted by Crippen LogP contribution is -2.43. The summed E-state index contributed by atoms with van der Waals surface area (Å²) in [4.78, 5) is 0. The minimum atomic E-state index is -2.13. The maximum absolute atomic E-state index is 13.4. The Hall–Kier alpha value is -0.920. The molecule has 2 rings (SSSR count). The highest BCUT2D eigenvalue weighted by atomic mass is 35.5. The molecule has 0 saturated carbocycles. The molecule has 1 aliphatic rings. The second-order valence-electron chi connectivity index (χ2n) is 3.69. The molecule has 0 unspecified atom stereocenters. The van der Waals surface area contributed by atoms with Gasteiger partial charge in [-0.2, -0.15) is 0 Å². The van der Waals surface area contributed by atoms with E-state index in [0.29, 0.717) is 13.1 Å². The molecule has 8 heteroatoms. The van der Waals surface area contributed by atoms with Crippen molar-refractivity contribution in [3.05, 3.63) is 34.6 Å². The first-order valence-corrected chi connectivity index (χ1v) is 4.99. The molecular formula is C10H10ClF5N2. The van der Waals surface area contributed by atoms with E-state index >= 15 is 0 Å². The zero-order valence-electron chi connectivity index (χ0n) is 9.00. The number of hydrogen-bond donors (Lipinski definition) is 2. The van der Waals surface area contributed by atoms with Gasteiger partial charge in [0.25, 0.3) is 0 Å². The average molecular weight is 289 g/mol. The van der Waals surface area contributed by atoms with Gasteiger partial charge < -0.3 is 10.6 Å². The van der Waals surface area contributed by atoms with Gasteiger partial charge in [0, 0.05) is 25.2 Å². The van der Waals surface area contributed by atoms with Gasteiger partial charge in [0.1, 0.15) is 0 Å². The van der Waals surface area contributed by atoms with Crippen molar-refractivity contribution in [2.24, 2.45) is 0 Å². The molecule has 2 nitrogen and oxygen atoms in total. The van der Waals surface area contributed by atoms with Crippen LogP contribution >= 0.6 is 12.4 Å². The lowest BCUT2D eigenvalue weighted by Gasteiger charge is -2.25. The molecule has 1 aliphatic heterocycles. The molecule has 0 aliphatic carbocycles. The SMILES string of the molecule is Cl.Fc1c(F)c(F)c([C@@H]2CNCCN2)c(F)c1F. The third-order valence-electron chi connectivity index (χ3n) is 2.63. The zero-order valence-corrected chi connectivity index (χ0v) is 9.81. The summed E-state index contributed by atoms with van der Waals surface area (Å²) in [5.74, 6) is -9.50. The van der Waals surface area contributed by atoms with Crippen molar-refractivity contribution in [3.8, 4) is 0 Å². The van der Waals surface area contributed by atoms with Crippen LogP contribution in [0.1, 0.15) is 11.6 Å². The monoisotopic (exact) mass is 288 g/mol. The topological polar surface area (TPSA) is 24.1 Å². The van der Waals surface area contributed by atoms with E-state index in [4.69, 9.17) is 0 Å². The van der Waals surface area contributed by atoms with Crippen molar-refractivity contribution in [2.75, 3.05) is 19.6 Å². The fraction of sp³-hybridized carbons (Fsp3) is 0.400. The molecule has 0 aromatic heterocycles. The predicted octanol–water partition coefficient (Wildman–Crippen LogP) is 2.04. The van der Waals surface area contributed by atoms with Gasteiger partial charge >= 0.3 is 0 Å². The first-order chi connectivity index (χ1) is 8.04. The summed E-state index contributed by atoms with van der Waals surface area (Å²) < 4.78 is 65.5. The van der Waals surface area contributed by atoms with Crippen LogP contribution in [0.4, 0.5) is 22.0 Å². The summed E-state index contributed by atoms with van der Waals surface area (Å²) in [7, 11) is 0. The van der Waals surface area contributed by atoms with E-state index in [1.54, 1.807) is 0 Å². The first kappa shape index (κ1) is 15.1. The maximum Gasteiger partial charge on any atom is 0.200 e. The van der Waals surface area contributed by atoms with Gasteiger partial charge in [-0.3, -0.25) is 0 Å². The smallest absolute Gasteiger partial charge is 0.200 e. The quantitative estimate of drug-likeness (QED) is 0.469. The van der Waals surface area contributed by atoms with Crippen LogP contribution in [0.3, 0.4) is 0 Å². The molecule has 18 heavy (non-hydrogen) atoms. The van der Waals surface area contributed by atoms with Gasteiger partial charge in [0.2, 0.25) is 5.82 Å². The molecule has 1 heterocycles. The molecule has 1 atom stereocenters. The number of nitrogens with one attached hydrogen (secondary N) is 2. The third-order valence-corrected chi connectivity index (χ3v) is 2.63. The van der Waals surface area contributed by atoms with Crippen molar-refractivity contribution in [1.82, 2.24) is 10.6 Å². The summed E-state index contributed by atoms with van der Waals surface area (Å²) in [6, 6.07) is -0.923. The largest absolute Gasteiger partial charge is 0.314 e. The Morgan fingerprint density at radius 3 is 1.72 bits per heavy atom. The summed E-state index contributed by atoms with van der Waals surface area (Å²) >= 11 is 0. The van der Waals surface area contributed by atoms with Crippen LogP contribution < -0.4 is 10.6 Å². The van der Waals surface area contributed by atoms with E-state index in [9.17, 15) is 22.0 Å². The Kier molecular flexibility index (Phi) is 4.89. The lowest BCUT2D eigenvalue weighted by atomic mass is 10.0. The Labute approximate surface area is 106 Å². The van der Waals surface area contributed by atoms with E-state index in [0.717, 1.165) is 0 Å². The van der Waals surface area contributed by atoms with E-state index in [-0.39, 0.29) is 19.0 Å². The summed E-state index contributed by atoms with van der Waals surface area (Å²) in [5.41, 5.74) is -0.811. The van der Waals surface area contributed by atoms with Crippen LogP contribution in [0, 0.1) is 29.1 Å². The molecule has 0 bridgehead atoms. The second kappa shape index (κ2) is 5.81. The van der Waals surface area contributed by atoms with E-state index in [1.165, 1.54) is 0 Å². The fourth-order valence-corrected chi connectivity index (χ4v) is 1.79. The molecular weight excluding hydrogens is 279 g/mol. The molecule has 1 aromatic carbocycles. The minimum absolute atomic E-state index is 0. The van der Waals surface area contributed by atoms with Gasteiger partial charge in [-0.1, -0.05) is 0 Å². The molecule has 1 fully saturated rings. The summed E-state index contributed by atoms with van der Waals surface area (Å²) in [5, 5.41) is 5.50. The highest BCUT2D eigenvalue weighted by Crippen LogP contribution is 2.27. The molecule has 0 amide bonds. The zero-order chi connectivity index (χ0) is 12.6. The van der Waals surface area contributed by atoms with Crippen LogP contribution in [-0.2, 0) is 0 Å². The van der Waals surface area contributed by atoms with E-state index in [2.05, 4.69) is 10.6 Å². The number of halogens is 6. The summed E-state index contributed by atoms with van der Waals surface area (Å²) in [6.07, 6.45) is 0. The second-order valence-corrected chi connectivity index (χ2v) is 3.69. The summed E-state index contributed by atoms with van der Waals surface area (Å²) in [6.45, 7) is 1.08. The molecule has 1 aromatic rings. The standard InChI is InChI=1S/C10H9F5N2.ClH/c11-6-5(4-3-16-1-2-17-4)7(12)9(14)10(15)8(6)13;/h4,16-17H,1-3H2;1H/t4-;/m0./s1. The van der Waals surface area contributed by atoms with Crippen LogP contribution in [-0.4, -0.2) is 19.6 Å². The van der Waals surface area contributed by atoms with Crippen LogP contribution in [0.5, 0.6) is 0 Å². The normalized spacial score (nSPS) is 19.5. The van der Waals surface area contributed by atoms with Crippen LogP contribution in [0.15, 0.2) is 0 Å². The van der Waals surface area contributed by atoms with E-state index < -0.39 is 40.7 Å². The third kappa shape index (κ3) is 2.43. The van der Waals surface area contributed by atoms with Crippen molar-refractivity contribution >= 4 is 12.4 Å². The van der Waals surface area contributed by atoms with Gasteiger partial charge in [0.15, 0.2) is 23.3 Å². The maximum atomic E-state index is 13.4. The minimum Gasteiger partial charge on any atom is -0.314 e. The van der Waals surface area contributed by atoms with Crippen molar-refractivity contribution in [1.29, 1.82) is 0 Å². The highest BCUT2D eigenvalue weighted by Gasteiger charge is 2.30. The Balaban J connectivity index is 0.00000162. The van der Waals surface area contributed by atoms with Crippen LogP contribution in [0.25, 0.3) is 0 Å². The highest BCUT2D eigenvalue weighted by molar-refractivity contribution is 5.85. The molecule has 0 spiro atoms. The van der Waals surface area contributed by atoms with Gasteiger partial charge in [-0.25, -0.2) is 22.0 Å². The lowest BCUT2D eigenvalue weighted by molar-refractivity contribution is 0.342. The van der Waals surface area contributed by atoms with Gasteiger partial charge in [-0.15, -0.1) is 12.4 Å². The molecule has 2 N–H and O–H groups in total. The Morgan fingerprint density at radius 1 is 0.778 bits per heavy atom. The Bertz CT molecular complexity index is 419. The molecule has 102 valence electrons. The molecule has 1 saturated heterocycles. The first-order valence-electron chi connectivity index (χ1n) is 4.99. The van der Waals surface area contributed by atoms with E-state index in [1.807, 2.05) is 0 Å². The average Bonchev–Trinajstić information content (AvgIpc) is 2.36. The van der Waals surface area contributed by atoms with Crippen molar-refractivity contribution in [2.45, 2.75) is 6.04 Å². The van der Waals surface area contributed by atoms with Crippen molar-refractivity contribution in [3.63, 3.8) is 0 Å². The predicted molar refractivity (Wildman–Crippen MR) is 57.1 cm³/mol. The van der Waals surface area contributed by atoms with Crippen LogP contribution in [0.2, 0.25) is 0 Å². The van der Waals surface area contributed by atoms with Crippen molar-refractivity contribution < 1.29 is 22.0 Å².